The van der Waals surface area contributed by atoms with E-state index >= 15 is 0 Å². The summed E-state index contributed by atoms with van der Waals surface area (Å²) in [6.45, 7) is 4.08. The first-order valence-electron chi connectivity index (χ1n) is 6.65. The van der Waals surface area contributed by atoms with Crippen molar-refractivity contribution in [2.45, 2.75) is 32.4 Å². The van der Waals surface area contributed by atoms with Gasteiger partial charge in [-0.2, -0.15) is 0 Å². The van der Waals surface area contributed by atoms with Gasteiger partial charge in [-0.3, -0.25) is 4.79 Å². The minimum Gasteiger partial charge on any atom is -0.481 e. The largest absolute Gasteiger partial charge is 0.481 e. The van der Waals surface area contributed by atoms with Gasteiger partial charge in [-0.25, -0.2) is 0 Å². The molecule has 0 spiro atoms. The van der Waals surface area contributed by atoms with Crippen LogP contribution in [0.2, 0.25) is 0 Å². The topological polar surface area (TPSA) is 52.6 Å². The fraction of sp³-hybridized carbons (Fsp3) is 0.533. The SMILES string of the molecule is CC(CCN(C)C)NCc1ccc(CC(=O)O)cc1. The maximum absolute atomic E-state index is 10.6. The minimum absolute atomic E-state index is 0.0902. The number of hydrogen-bond donors (Lipinski definition) is 2. The standard InChI is InChI=1S/C15H24N2O2/c1-12(8-9-17(2)3)16-11-14-6-4-13(5-7-14)10-15(18)19/h4-7,12,16H,8-11H2,1-3H3,(H,18,19). The fourth-order valence-electron chi connectivity index (χ4n) is 1.80. The van der Waals surface area contributed by atoms with E-state index in [0.717, 1.165) is 25.1 Å². The predicted octanol–water partition coefficient (Wildman–Crippen LogP) is 1.74. The Morgan fingerprint density at radius 3 is 2.37 bits per heavy atom. The van der Waals surface area contributed by atoms with E-state index in [0.29, 0.717) is 6.04 Å². The second-order valence-corrected chi connectivity index (χ2v) is 5.26. The Morgan fingerprint density at radius 2 is 1.84 bits per heavy atom. The highest BCUT2D eigenvalue weighted by Gasteiger charge is 2.03. The third-order valence-electron chi connectivity index (χ3n) is 3.04. The van der Waals surface area contributed by atoms with Crippen LogP contribution in [0.4, 0.5) is 0 Å². The lowest BCUT2D eigenvalue weighted by Gasteiger charge is -2.16. The summed E-state index contributed by atoms with van der Waals surface area (Å²) >= 11 is 0. The van der Waals surface area contributed by atoms with Crippen molar-refractivity contribution >= 4 is 5.97 Å². The first-order chi connectivity index (χ1) is 8.97. The Balaban J connectivity index is 2.35. The molecule has 19 heavy (non-hydrogen) atoms. The minimum atomic E-state index is -0.789. The van der Waals surface area contributed by atoms with Crippen molar-refractivity contribution < 1.29 is 9.90 Å². The molecular formula is C15H24N2O2. The normalized spacial score (nSPS) is 12.6. The molecule has 1 aromatic rings. The maximum Gasteiger partial charge on any atom is 0.307 e. The lowest BCUT2D eigenvalue weighted by atomic mass is 10.1. The highest BCUT2D eigenvalue weighted by molar-refractivity contribution is 5.70. The van der Waals surface area contributed by atoms with Crippen LogP contribution in [0.3, 0.4) is 0 Å². The molecule has 0 saturated carbocycles. The van der Waals surface area contributed by atoms with Gasteiger partial charge in [-0.1, -0.05) is 24.3 Å². The third kappa shape index (κ3) is 6.94. The molecule has 4 nitrogen and oxygen atoms in total. The number of hydrogen-bond acceptors (Lipinski definition) is 3. The summed E-state index contributed by atoms with van der Waals surface area (Å²) in [6, 6.07) is 8.22. The molecule has 0 aliphatic carbocycles. The van der Waals surface area contributed by atoms with Gasteiger partial charge in [0.1, 0.15) is 0 Å². The zero-order valence-electron chi connectivity index (χ0n) is 12.0. The highest BCUT2D eigenvalue weighted by atomic mass is 16.4. The van der Waals surface area contributed by atoms with Gasteiger partial charge in [-0.15, -0.1) is 0 Å². The molecule has 4 heteroatoms. The van der Waals surface area contributed by atoms with Gasteiger partial charge in [0.25, 0.3) is 0 Å². The Labute approximate surface area is 115 Å². The van der Waals surface area contributed by atoms with Gasteiger partial charge in [0.15, 0.2) is 0 Å². The number of nitrogens with zero attached hydrogens (tertiary/aromatic N) is 1. The Morgan fingerprint density at radius 1 is 1.26 bits per heavy atom. The molecule has 0 bridgehead atoms. The van der Waals surface area contributed by atoms with E-state index in [1.165, 1.54) is 5.56 Å². The zero-order chi connectivity index (χ0) is 14.3. The predicted molar refractivity (Wildman–Crippen MR) is 77.3 cm³/mol. The molecule has 1 rings (SSSR count). The van der Waals surface area contributed by atoms with Crippen molar-refractivity contribution in [2.75, 3.05) is 20.6 Å². The first kappa shape index (κ1) is 15.7. The monoisotopic (exact) mass is 264 g/mol. The van der Waals surface area contributed by atoms with Gasteiger partial charge >= 0.3 is 5.97 Å². The Hall–Kier alpha value is -1.39. The van der Waals surface area contributed by atoms with Crippen molar-refractivity contribution in [2.24, 2.45) is 0 Å². The van der Waals surface area contributed by atoms with Crippen LogP contribution in [0.5, 0.6) is 0 Å². The summed E-state index contributed by atoms with van der Waals surface area (Å²) in [4.78, 5) is 12.8. The average Bonchev–Trinajstić information content (AvgIpc) is 2.35. The Bertz CT molecular complexity index is 388. The van der Waals surface area contributed by atoms with Crippen molar-refractivity contribution in [3.8, 4) is 0 Å². The molecule has 0 aromatic heterocycles. The third-order valence-corrected chi connectivity index (χ3v) is 3.04. The molecule has 1 aromatic carbocycles. The number of carboxylic acids is 1. The van der Waals surface area contributed by atoms with E-state index in [1.54, 1.807) is 0 Å². The lowest BCUT2D eigenvalue weighted by molar-refractivity contribution is -0.136. The Kier molecular flexibility index (Phi) is 6.53. The van der Waals surface area contributed by atoms with Crippen LogP contribution in [0.25, 0.3) is 0 Å². The molecule has 0 saturated heterocycles. The van der Waals surface area contributed by atoms with Crippen LogP contribution in [0.15, 0.2) is 24.3 Å². The van der Waals surface area contributed by atoms with Crippen molar-refractivity contribution in [3.05, 3.63) is 35.4 Å². The smallest absolute Gasteiger partial charge is 0.307 e. The van der Waals surface area contributed by atoms with Gasteiger partial charge in [0.2, 0.25) is 0 Å². The number of carboxylic acid groups (broad SMARTS) is 1. The molecule has 1 unspecified atom stereocenters. The molecule has 1 atom stereocenters. The quantitative estimate of drug-likeness (QED) is 0.751. The fourth-order valence-corrected chi connectivity index (χ4v) is 1.80. The molecule has 0 aliphatic heterocycles. The molecule has 106 valence electrons. The molecule has 2 N–H and O–H groups in total. The number of rotatable bonds is 8. The van der Waals surface area contributed by atoms with Crippen LogP contribution >= 0.6 is 0 Å². The second-order valence-electron chi connectivity index (χ2n) is 5.26. The number of nitrogens with one attached hydrogen (secondary N) is 1. The molecule has 0 fully saturated rings. The van der Waals surface area contributed by atoms with Gasteiger partial charge in [-0.05, 0) is 45.1 Å². The van der Waals surface area contributed by atoms with E-state index in [4.69, 9.17) is 5.11 Å². The lowest BCUT2D eigenvalue weighted by Crippen LogP contribution is -2.29. The van der Waals surface area contributed by atoms with E-state index in [-0.39, 0.29) is 6.42 Å². The van der Waals surface area contributed by atoms with Crippen LogP contribution in [0.1, 0.15) is 24.5 Å². The highest BCUT2D eigenvalue weighted by Crippen LogP contribution is 2.06. The van der Waals surface area contributed by atoms with Crippen molar-refractivity contribution in [1.29, 1.82) is 0 Å². The van der Waals surface area contributed by atoms with Gasteiger partial charge in [0.05, 0.1) is 6.42 Å². The number of benzene rings is 1. The molecular weight excluding hydrogens is 240 g/mol. The summed E-state index contributed by atoms with van der Waals surface area (Å²) in [7, 11) is 4.15. The summed E-state index contributed by atoms with van der Waals surface area (Å²) in [6.07, 6.45) is 1.21. The maximum atomic E-state index is 10.6. The number of aliphatic carboxylic acids is 1. The van der Waals surface area contributed by atoms with E-state index in [2.05, 4.69) is 31.2 Å². The number of carbonyl (C=O) groups is 1. The summed E-state index contributed by atoms with van der Waals surface area (Å²) in [5.74, 6) is -0.789. The summed E-state index contributed by atoms with van der Waals surface area (Å²) in [5, 5.41) is 12.2. The van der Waals surface area contributed by atoms with Crippen molar-refractivity contribution in [1.82, 2.24) is 10.2 Å². The van der Waals surface area contributed by atoms with Crippen LogP contribution in [0, 0.1) is 0 Å². The van der Waals surface area contributed by atoms with E-state index in [1.807, 2.05) is 24.3 Å². The van der Waals surface area contributed by atoms with Gasteiger partial charge in [0, 0.05) is 12.6 Å². The molecule has 0 radical (unpaired) electrons. The zero-order valence-corrected chi connectivity index (χ0v) is 12.0. The summed E-state index contributed by atoms with van der Waals surface area (Å²) in [5.41, 5.74) is 2.03. The summed E-state index contributed by atoms with van der Waals surface area (Å²) < 4.78 is 0. The van der Waals surface area contributed by atoms with E-state index < -0.39 is 5.97 Å². The second kappa shape index (κ2) is 7.92. The van der Waals surface area contributed by atoms with Crippen molar-refractivity contribution in [3.63, 3.8) is 0 Å². The molecule has 0 aliphatic rings. The van der Waals surface area contributed by atoms with Crippen LogP contribution in [-0.4, -0.2) is 42.7 Å². The van der Waals surface area contributed by atoms with Crippen LogP contribution < -0.4 is 5.32 Å². The van der Waals surface area contributed by atoms with E-state index in [9.17, 15) is 4.79 Å². The van der Waals surface area contributed by atoms with Crippen LogP contribution in [-0.2, 0) is 17.8 Å². The molecule has 0 heterocycles. The molecule has 0 amide bonds. The van der Waals surface area contributed by atoms with Gasteiger partial charge < -0.3 is 15.3 Å². The average molecular weight is 264 g/mol. The first-order valence-corrected chi connectivity index (χ1v) is 6.65.